The maximum atomic E-state index is 11.4. The molecular weight excluding hydrogens is 204 g/mol. The lowest BCUT2D eigenvalue weighted by Gasteiger charge is -2.09. The van der Waals surface area contributed by atoms with E-state index in [1.165, 1.54) is 6.08 Å². The van der Waals surface area contributed by atoms with Gasteiger partial charge in [-0.15, -0.1) is 0 Å². The number of hydrogen-bond donors (Lipinski definition) is 2. The van der Waals surface area contributed by atoms with Gasteiger partial charge in [-0.25, -0.2) is 0 Å². The Bertz CT molecular complexity index is 304. The summed E-state index contributed by atoms with van der Waals surface area (Å²) in [5.41, 5.74) is 5.02. The Morgan fingerprint density at radius 3 is 2.12 bits per heavy atom. The third-order valence-corrected chi connectivity index (χ3v) is 1.92. The highest BCUT2D eigenvalue weighted by molar-refractivity contribution is 5.96. The number of carbonyl (C=O) groups is 2. The van der Waals surface area contributed by atoms with Crippen LogP contribution in [-0.2, 0) is 9.59 Å². The second-order valence-corrected chi connectivity index (χ2v) is 4.23. The van der Waals surface area contributed by atoms with Crippen LogP contribution in [0.25, 0.3) is 0 Å². The first-order valence-electron chi connectivity index (χ1n) is 5.32. The topological polar surface area (TPSA) is 58.2 Å². The van der Waals surface area contributed by atoms with Crippen molar-refractivity contribution in [3.05, 3.63) is 24.3 Å². The number of nitrogens with one attached hydrogen (secondary N) is 2. The predicted octanol–water partition coefficient (Wildman–Crippen LogP) is 1.56. The van der Waals surface area contributed by atoms with Gasteiger partial charge in [0.25, 0.3) is 11.8 Å². The number of rotatable bonds is 4. The van der Waals surface area contributed by atoms with Crippen LogP contribution in [0.4, 0.5) is 0 Å². The molecule has 0 radical (unpaired) electrons. The quantitative estimate of drug-likeness (QED) is 0.562. The molecule has 0 aromatic rings. The van der Waals surface area contributed by atoms with Crippen LogP contribution in [0.2, 0.25) is 0 Å². The molecule has 0 saturated carbocycles. The summed E-state index contributed by atoms with van der Waals surface area (Å²) in [6.45, 7) is 11.3. The van der Waals surface area contributed by atoms with Crippen molar-refractivity contribution in [1.82, 2.24) is 10.9 Å². The van der Waals surface area contributed by atoms with E-state index in [0.717, 1.165) is 0 Å². The number of hydrazine groups is 1. The predicted molar refractivity (Wildman–Crippen MR) is 64.2 cm³/mol. The highest BCUT2D eigenvalue weighted by Crippen LogP contribution is 2.05. The first-order chi connectivity index (χ1) is 7.34. The standard InChI is InChI=1S/C12H20N2O2/c1-8(2)6-7-11(15)13-14-12(16)10(5)9(3)4/h6-9H,5H2,1-4H3,(H,13,15)(H,14,16). The average molecular weight is 224 g/mol. The van der Waals surface area contributed by atoms with Crippen LogP contribution in [0.3, 0.4) is 0 Å². The van der Waals surface area contributed by atoms with Crippen LogP contribution in [-0.4, -0.2) is 11.8 Å². The summed E-state index contributed by atoms with van der Waals surface area (Å²) in [6.07, 6.45) is 3.14. The molecular formula is C12H20N2O2. The fraction of sp³-hybridized carbons (Fsp3) is 0.500. The largest absolute Gasteiger partial charge is 0.268 e. The summed E-state index contributed by atoms with van der Waals surface area (Å²) in [7, 11) is 0. The van der Waals surface area contributed by atoms with E-state index >= 15 is 0 Å². The van der Waals surface area contributed by atoms with Gasteiger partial charge in [0.15, 0.2) is 0 Å². The van der Waals surface area contributed by atoms with Crippen LogP contribution in [0.15, 0.2) is 24.3 Å². The fourth-order valence-corrected chi connectivity index (χ4v) is 0.782. The van der Waals surface area contributed by atoms with Crippen molar-refractivity contribution in [2.24, 2.45) is 11.8 Å². The SMILES string of the molecule is C=C(C(=O)NNC(=O)C=CC(C)C)C(C)C. The molecule has 2 N–H and O–H groups in total. The zero-order valence-corrected chi connectivity index (χ0v) is 10.3. The van der Waals surface area contributed by atoms with Crippen molar-refractivity contribution in [1.29, 1.82) is 0 Å². The Kier molecular flexibility index (Phi) is 6.15. The molecule has 90 valence electrons. The van der Waals surface area contributed by atoms with Gasteiger partial charge in [0.1, 0.15) is 0 Å². The highest BCUT2D eigenvalue weighted by Gasteiger charge is 2.10. The first-order valence-corrected chi connectivity index (χ1v) is 5.32. The van der Waals surface area contributed by atoms with Gasteiger partial charge in [-0.2, -0.15) is 0 Å². The molecule has 4 nitrogen and oxygen atoms in total. The van der Waals surface area contributed by atoms with Crippen molar-refractivity contribution in [3.63, 3.8) is 0 Å². The van der Waals surface area contributed by atoms with Crippen LogP contribution in [0.1, 0.15) is 27.7 Å². The smallest absolute Gasteiger partial charge is 0.265 e. The Labute approximate surface area is 96.8 Å². The van der Waals surface area contributed by atoms with Gasteiger partial charge in [-0.3, -0.25) is 20.4 Å². The minimum absolute atomic E-state index is 0.0584. The van der Waals surface area contributed by atoms with Gasteiger partial charge >= 0.3 is 0 Å². The molecule has 0 aliphatic heterocycles. The van der Waals surface area contributed by atoms with E-state index in [9.17, 15) is 9.59 Å². The van der Waals surface area contributed by atoms with Gasteiger partial charge in [-0.1, -0.05) is 40.3 Å². The second-order valence-electron chi connectivity index (χ2n) is 4.23. The summed E-state index contributed by atoms with van der Waals surface area (Å²) >= 11 is 0. The van der Waals surface area contributed by atoms with Gasteiger partial charge in [0.2, 0.25) is 0 Å². The van der Waals surface area contributed by atoms with E-state index in [-0.39, 0.29) is 17.7 Å². The Morgan fingerprint density at radius 1 is 1.12 bits per heavy atom. The molecule has 0 aliphatic rings. The molecule has 0 atom stereocenters. The molecule has 0 fully saturated rings. The van der Waals surface area contributed by atoms with Crippen molar-refractivity contribution < 1.29 is 9.59 Å². The second kappa shape index (κ2) is 6.82. The third-order valence-electron chi connectivity index (χ3n) is 1.92. The number of allylic oxidation sites excluding steroid dienone is 1. The molecule has 0 rings (SSSR count). The van der Waals surface area contributed by atoms with E-state index in [0.29, 0.717) is 11.5 Å². The highest BCUT2D eigenvalue weighted by atomic mass is 16.2. The summed E-state index contributed by atoms with van der Waals surface area (Å²) < 4.78 is 0. The number of carbonyl (C=O) groups excluding carboxylic acids is 2. The van der Waals surface area contributed by atoms with Gasteiger partial charge in [0.05, 0.1) is 0 Å². The van der Waals surface area contributed by atoms with Gasteiger partial charge < -0.3 is 0 Å². The fourth-order valence-electron chi connectivity index (χ4n) is 0.782. The molecule has 0 heterocycles. The van der Waals surface area contributed by atoms with E-state index in [1.807, 2.05) is 27.7 Å². The third kappa shape index (κ3) is 6.01. The minimum Gasteiger partial charge on any atom is -0.268 e. The van der Waals surface area contributed by atoms with E-state index in [4.69, 9.17) is 0 Å². The lowest BCUT2D eigenvalue weighted by molar-refractivity contribution is -0.124. The normalized spacial score (nSPS) is 10.9. The van der Waals surface area contributed by atoms with E-state index in [2.05, 4.69) is 17.4 Å². The monoisotopic (exact) mass is 224 g/mol. The first kappa shape index (κ1) is 14.4. The van der Waals surface area contributed by atoms with Crippen LogP contribution in [0, 0.1) is 11.8 Å². The van der Waals surface area contributed by atoms with E-state index < -0.39 is 0 Å². The molecule has 0 aliphatic carbocycles. The van der Waals surface area contributed by atoms with E-state index in [1.54, 1.807) is 6.08 Å². The van der Waals surface area contributed by atoms with Crippen LogP contribution in [0.5, 0.6) is 0 Å². The Balaban J connectivity index is 4.02. The lowest BCUT2D eigenvalue weighted by Crippen LogP contribution is -2.42. The molecule has 16 heavy (non-hydrogen) atoms. The molecule has 2 amide bonds. The zero-order chi connectivity index (χ0) is 12.7. The lowest BCUT2D eigenvalue weighted by atomic mass is 10.1. The molecule has 0 aromatic heterocycles. The summed E-state index contributed by atoms with van der Waals surface area (Å²) in [4.78, 5) is 22.6. The summed E-state index contributed by atoms with van der Waals surface area (Å²) in [5.74, 6) is -0.352. The average Bonchev–Trinajstić information content (AvgIpc) is 2.21. The molecule has 0 unspecified atom stereocenters. The van der Waals surface area contributed by atoms with Gasteiger partial charge in [0, 0.05) is 11.6 Å². The number of hydrogen-bond acceptors (Lipinski definition) is 2. The van der Waals surface area contributed by atoms with Crippen LogP contribution < -0.4 is 10.9 Å². The Morgan fingerprint density at radius 2 is 1.69 bits per heavy atom. The van der Waals surface area contributed by atoms with Crippen molar-refractivity contribution in [3.8, 4) is 0 Å². The maximum Gasteiger partial charge on any atom is 0.265 e. The summed E-state index contributed by atoms with van der Waals surface area (Å²) in [6, 6.07) is 0. The maximum absolute atomic E-state index is 11.4. The molecule has 0 spiro atoms. The number of amides is 2. The van der Waals surface area contributed by atoms with Crippen molar-refractivity contribution in [2.45, 2.75) is 27.7 Å². The van der Waals surface area contributed by atoms with Gasteiger partial charge in [-0.05, 0) is 11.8 Å². The van der Waals surface area contributed by atoms with Crippen LogP contribution >= 0.6 is 0 Å². The zero-order valence-electron chi connectivity index (χ0n) is 10.3. The van der Waals surface area contributed by atoms with Crippen molar-refractivity contribution >= 4 is 11.8 Å². The molecule has 0 aromatic carbocycles. The summed E-state index contributed by atoms with van der Waals surface area (Å²) in [5, 5.41) is 0. The minimum atomic E-state index is -0.360. The molecule has 4 heteroatoms. The van der Waals surface area contributed by atoms with Crippen molar-refractivity contribution in [2.75, 3.05) is 0 Å². The molecule has 0 bridgehead atoms. The molecule has 0 saturated heterocycles. The Hall–Kier alpha value is -1.58.